The van der Waals surface area contributed by atoms with Crippen LogP contribution in [0, 0.1) is 5.21 Å². The molecule has 2 aromatic heterocycles. The van der Waals surface area contributed by atoms with Gasteiger partial charge in [-0.15, -0.1) is 0 Å². The summed E-state index contributed by atoms with van der Waals surface area (Å²) in [5, 5.41) is 11.7. The summed E-state index contributed by atoms with van der Waals surface area (Å²) in [6, 6.07) is 3.43. The predicted octanol–water partition coefficient (Wildman–Crippen LogP) is 1.45. The third-order valence-corrected chi connectivity index (χ3v) is 3.75. The minimum atomic E-state index is -0.183. The van der Waals surface area contributed by atoms with E-state index in [-0.39, 0.29) is 18.0 Å². The Labute approximate surface area is 138 Å². The molecule has 2 aromatic rings. The van der Waals surface area contributed by atoms with Crippen molar-refractivity contribution in [3.05, 3.63) is 52.7 Å². The summed E-state index contributed by atoms with van der Waals surface area (Å²) in [6.45, 7) is 1.06. The average molecular weight is 335 g/mol. The second-order valence-corrected chi connectivity index (χ2v) is 5.71. The van der Waals surface area contributed by atoms with Crippen LogP contribution in [0.15, 0.2) is 36.9 Å². The van der Waals surface area contributed by atoms with E-state index >= 15 is 0 Å². The highest BCUT2D eigenvalue weighted by Gasteiger charge is 2.27. The van der Waals surface area contributed by atoms with Crippen molar-refractivity contribution in [3.63, 3.8) is 0 Å². The van der Waals surface area contributed by atoms with Gasteiger partial charge in [-0.2, -0.15) is 4.73 Å². The maximum Gasteiger partial charge on any atom is 0.316 e. The van der Waals surface area contributed by atoms with Gasteiger partial charge in [-0.1, -0.05) is 11.6 Å². The fourth-order valence-corrected chi connectivity index (χ4v) is 2.59. The highest BCUT2D eigenvalue weighted by molar-refractivity contribution is 6.30. The van der Waals surface area contributed by atoms with E-state index in [0.717, 1.165) is 12.8 Å². The first-order valence-corrected chi connectivity index (χ1v) is 7.62. The molecule has 3 rings (SSSR count). The number of pyridine rings is 1. The molecule has 0 radical (unpaired) electrons. The number of ether oxygens (including phenoxy) is 1. The molecule has 0 aliphatic carbocycles. The number of halogens is 1. The third-order valence-electron chi connectivity index (χ3n) is 3.56. The quantitative estimate of drug-likeness (QED) is 0.626. The Kier molecular flexibility index (Phi) is 4.57. The number of amides is 1. The van der Waals surface area contributed by atoms with Gasteiger partial charge >= 0.3 is 6.01 Å². The molecule has 7 nitrogen and oxygen atoms in total. The van der Waals surface area contributed by atoms with E-state index in [9.17, 15) is 10.0 Å². The zero-order valence-corrected chi connectivity index (χ0v) is 13.0. The van der Waals surface area contributed by atoms with Gasteiger partial charge in [0.15, 0.2) is 12.4 Å². The van der Waals surface area contributed by atoms with Crippen molar-refractivity contribution in [2.75, 3.05) is 13.1 Å². The minimum absolute atomic E-state index is 0.180. The molecule has 1 saturated heterocycles. The van der Waals surface area contributed by atoms with Gasteiger partial charge in [0.05, 0.1) is 24.0 Å². The molecule has 0 unspecified atom stereocenters. The smallest absolute Gasteiger partial charge is 0.316 e. The lowest BCUT2D eigenvalue weighted by Crippen LogP contribution is -2.45. The summed E-state index contributed by atoms with van der Waals surface area (Å²) >= 11 is 5.74. The molecule has 0 aromatic carbocycles. The number of hydrogen-bond donors (Lipinski definition) is 0. The molecule has 1 fully saturated rings. The van der Waals surface area contributed by atoms with Gasteiger partial charge in [-0.3, -0.25) is 4.79 Å². The number of nitrogens with zero attached hydrogens (tertiary/aromatic N) is 4. The number of rotatable bonds is 3. The Balaban J connectivity index is 1.66. The molecule has 23 heavy (non-hydrogen) atoms. The monoisotopic (exact) mass is 334 g/mol. The standard InChI is InChI=1S/C15H15ClN4O3/c16-12-7-17-15(18-8-12)23-13-4-2-5-19(10-13)14(21)11-3-1-6-20(22)9-11/h1,3,6-9,13H,2,4-5,10H2/t13-/m0/s1. The molecule has 0 bridgehead atoms. The van der Waals surface area contributed by atoms with Crippen molar-refractivity contribution in [3.8, 4) is 6.01 Å². The Bertz CT molecular complexity index is 695. The van der Waals surface area contributed by atoms with Gasteiger partial charge in [-0.25, -0.2) is 9.97 Å². The Morgan fingerprint density at radius 3 is 2.96 bits per heavy atom. The minimum Gasteiger partial charge on any atom is -0.619 e. The van der Waals surface area contributed by atoms with E-state index in [2.05, 4.69) is 9.97 Å². The second-order valence-electron chi connectivity index (χ2n) is 5.27. The Morgan fingerprint density at radius 2 is 2.22 bits per heavy atom. The number of hydrogen-bond acceptors (Lipinski definition) is 5. The maximum absolute atomic E-state index is 12.5. The van der Waals surface area contributed by atoms with E-state index in [1.54, 1.807) is 17.0 Å². The number of likely N-dealkylation sites (tertiary alicyclic amines) is 1. The lowest BCUT2D eigenvalue weighted by molar-refractivity contribution is -0.605. The highest BCUT2D eigenvalue weighted by Crippen LogP contribution is 2.17. The SMILES string of the molecule is O=C(c1ccc[n+]([O-])c1)N1CCC[C@H](Oc2ncc(Cl)cn2)C1. The molecular weight excluding hydrogens is 320 g/mol. The Morgan fingerprint density at radius 1 is 1.43 bits per heavy atom. The van der Waals surface area contributed by atoms with Gasteiger partial charge < -0.3 is 14.8 Å². The van der Waals surface area contributed by atoms with E-state index in [4.69, 9.17) is 16.3 Å². The lowest BCUT2D eigenvalue weighted by Gasteiger charge is -2.32. The van der Waals surface area contributed by atoms with Gasteiger partial charge in [0.2, 0.25) is 0 Å². The average Bonchev–Trinajstić information content (AvgIpc) is 2.56. The van der Waals surface area contributed by atoms with E-state index in [1.165, 1.54) is 24.8 Å². The number of carbonyl (C=O) groups excluding carboxylic acids is 1. The van der Waals surface area contributed by atoms with Crippen molar-refractivity contribution in [1.29, 1.82) is 0 Å². The molecule has 120 valence electrons. The first-order valence-electron chi connectivity index (χ1n) is 7.24. The molecule has 3 heterocycles. The molecule has 0 N–H and O–H groups in total. The zero-order chi connectivity index (χ0) is 16.2. The molecule has 8 heteroatoms. The van der Waals surface area contributed by atoms with Crippen LogP contribution in [0.1, 0.15) is 23.2 Å². The predicted molar refractivity (Wildman–Crippen MR) is 82.0 cm³/mol. The van der Waals surface area contributed by atoms with Crippen LogP contribution in [0.5, 0.6) is 6.01 Å². The molecule has 1 atom stereocenters. The topological polar surface area (TPSA) is 82.3 Å². The number of carbonyl (C=O) groups is 1. The van der Waals surface area contributed by atoms with Crippen molar-refractivity contribution in [2.24, 2.45) is 0 Å². The van der Waals surface area contributed by atoms with Crippen LogP contribution in [0.3, 0.4) is 0 Å². The third kappa shape index (κ3) is 3.87. The van der Waals surface area contributed by atoms with Gasteiger partial charge in [0, 0.05) is 12.6 Å². The molecule has 1 amide bonds. The molecule has 0 saturated carbocycles. The van der Waals surface area contributed by atoms with E-state index in [0.29, 0.717) is 28.4 Å². The Hall–Kier alpha value is -2.41. The first kappa shape index (κ1) is 15.5. The molecule has 1 aliphatic heterocycles. The van der Waals surface area contributed by atoms with Crippen LogP contribution in [0.25, 0.3) is 0 Å². The van der Waals surface area contributed by atoms with E-state index in [1.807, 2.05) is 0 Å². The van der Waals surface area contributed by atoms with Crippen LogP contribution in [-0.4, -0.2) is 40.0 Å². The summed E-state index contributed by atoms with van der Waals surface area (Å²) in [5.41, 5.74) is 0.367. The van der Waals surface area contributed by atoms with Crippen molar-refractivity contribution < 1.29 is 14.3 Å². The van der Waals surface area contributed by atoms with E-state index < -0.39 is 0 Å². The lowest BCUT2D eigenvalue weighted by atomic mass is 10.1. The molecular formula is C15H15ClN4O3. The van der Waals surface area contributed by atoms with Crippen LogP contribution < -0.4 is 9.47 Å². The van der Waals surface area contributed by atoms with Crippen LogP contribution >= 0.6 is 11.6 Å². The van der Waals surface area contributed by atoms with Crippen LogP contribution in [0.2, 0.25) is 5.02 Å². The normalized spacial score (nSPS) is 17.8. The maximum atomic E-state index is 12.5. The number of aromatic nitrogens is 3. The fourth-order valence-electron chi connectivity index (χ4n) is 2.49. The van der Waals surface area contributed by atoms with Gasteiger partial charge in [0.25, 0.3) is 5.91 Å². The van der Waals surface area contributed by atoms with Crippen molar-refractivity contribution in [2.45, 2.75) is 18.9 Å². The summed E-state index contributed by atoms with van der Waals surface area (Å²) in [6.07, 6.45) is 6.99. The van der Waals surface area contributed by atoms with Gasteiger partial charge in [-0.05, 0) is 18.9 Å². The number of piperidine rings is 1. The summed E-state index contributed by atoms with van der Waals surface area (Å²) < 4.78 is 6.33. The van der Waals surface area contributed by atoms with Crippen molar-refractivity contribution in [1.82, 2.24) is 14.9 Å². The largest absolute Gasteiger partial charge is 0.619 e. The summed E-state index contributed by atoms with van der Waals surface area (Å²) in [5.74, 6) is -0.180. The zero-order valence-electron chi connectivity index (χ0n) is 12.3. The van der Waals surface area contributed by atoms with Gasteiger partial charge in [0.1, 0.15) is 11.7 Å². The molecule has 1 aliphatic rings. The summed E-state index contributed by atoms with van der Waals surface area (Å²) in [7, 11) is 0. The second kappa shape index (κ2) is 6.78. The van der Waals surface area contributed by atoms with Crippen LogP contribution in [0.4, 0.5) is 0 Å². The fraction of sp³-hybridized carbons (Fsp3) is 0.333. The molecule has 0 spiro atoms. The van der Waals surface area contributed by atoms with Crippen LogP contribution in [-0.2, 0) is 0 Å². The summed E-state index contributed by atoms with van der Waals surface area (Å²) in [4.78, 5) is 22.1. The highest BCUT2D eigenvalue weighted by atomic mass is 35.5. The van der Waals surface area contributed by atoms with Crippen molar-refractivity contribution >= 4 is 17.5 Å². The first-order chi connectivity index (χ1) is 11.1.